The molecule has 80 valence electrons. The Labute approximate surface area is 84.2 Å². The van der Waals surface area contributed by atoms with Crippen molar-refractivity contribution in [3.8, 4) is 0 Å². The molecule has 1 amide bonds. The predicted molar refractivity (Wildman–Crippen MR) is 51.1 cm³/mol. The molecule has 0 aromatic carbocycles. The summed E-state index contributed by atoms with van der Waals surface area (Å²) in [6, 6.07) is 0.678. The number of fused-ring (bicyclic) bond motifs is 2. The molecule has 0 N–H and O–H groups in total. The van der Waals surface area contributed by atoms with E-state index in [4.69, 9.17) is 9.47 Å². The van der Waals surface area contributed by atoms with Crippen LogP contribution in [-0.2, 0) is 9.47 Å². The minimum atomic E-state index is -0.174. The van der Waals surface area contributed by atoms with Gasteiger partial charge in [-0.1, -0.05) is 0 Å². The maximum absolute atomic E-state index is 11.5. The van der Waals surface area contributed by atoms with Gasteiger partial charge >= 0.3 is 6.09 Å². The summed E-state index contributed by atoms with van der Waals surface area (Å²) in [5.41, 5.74) is 0. The lowest BCUT2D eigenvalue weighted by Gasteiger charge is -2.37. The van der Waals surface area contributed by atoms with E-state index < -0.39 is 0 Å². The van der Waals surface area contributed by atoms with E-state index in [2.05, 4.69) is 0 Å². The molecule has 0 saturated carbocycles. The Morgan fingerprint density at radius 2 is 1.79 bits per heavy atom. The fourth-order valence-electron chi connectivity index (χ4n) is 2.72. The van der Waals surface area contributed by atoms with Gasteiger partial charge in [0.2, 0.25) is 0 Å². The monoisotopic (exact) mass is 199 g/mol. The molecule has 0 spiro atoms. The van der Waals surface area contributed by atoms with E-state index in [1.54, 1.807) is 7.11 Å². The van der Waals surface area contributed by atoms with Gasteiger partial charge in [-0.15, -0.1) is 0 Å². The molecule has 0 aliphatic carbocycles. The highest BCUT2D eigenvalue weighted by Crippen LogP contribution is 2.36. The van der Waals surface area contributed by atoms with Crippen molar-refractivity contribution in [2.75, 3.05) is 14.2 Å². The standard InChI is InChI=1S/C10H17NO3/c1-13-9-5-7-3-4-8(6-9)11(7)10(12)14-2/h7-9H,3-6H2,1-2H3. The first-order valence-electron chi connectivity index (χ1n) is 5.15. The number of hydrogen-bond acceptors (Lipinski definition) is 3. The predicted octanol–water partition coefficient (Wildman–Crippen LogP) is 1.39. The maximum Gasteiger partial charge on any atom is 0.409 e. The highest BCUT2D eigenvalue weighted by atomic mass is 16.5. The zero-order valence-corrected chi connectivity index (χ0v) is 8.73. The summed E-state index contributed by atoms with van der Waals surface area (Å²) < 4.78 is 10.1. The Hall–Kier alpha value is -0.770. The van der Waals surface area contributed by atoms with Crippen LogP contribution in [0, 0.1) is 0 Å². The van der Waals surface area contributed by atoms with E-state index in [9.17, 15) is 4.79 Å². The van der Waals surface area contributed by atoms with Gasteiger partial charge in [0.1, 0.15) is 0 Å². The first-order chi connectivity index (χ1) is 6.76. The van der Waals surface area contributed by atoms with Gasteiger partial charge in [-0.2, -0.15) is 0 Å². The number of piperidine rings is 1. The summed E-state index contributed by atoms with van der Waals surface area (Å²) in [4.78, 5) is 13.4. The molecule has 2 unspecified atom stereocenters. The number of nitrogens with zero attached hydrogens (tertiary/aromatic N) is 1. The van der Waals surface area contributed by atoms with Crippen LogP contribution >= 0.6 is 0 Å². The molecule has 4 heteroatoms. The Morgan fingerprint density at radius 1 is 1.21 bits per heavy atom. The van der Waals surface area contributed by atoms with E-state index >= 15 is 0 Å². The smallest absolute Gasteiger partial charge is 0.409 e. The van der Waals surface area contributed by atoms with E-state index in [1.807, 2.05) is 4.90 Å². The fourth-order valence-corrected chi connectivity index (χ4v) is 2.72. The van der Waals surface area contributed by atoms with Crippen molar-refractivity contribution < 1.29 is 14.3 Å². The normalized spacial score (nSPS) is 35.9. The second kappa shape index (κ2) is 3.77. The van der Waals surface area contributed by atoms with Gasteiger partial charge in [-0.25, -0.2) is 4.79 Å². The summed E-state index contributed by atoms with van der Waals surface area (Å²) in [5, 5.41) is 0. The third-order valence-electron chi connectivity index (χ3n) is 3.41. The molecule has 2 aliphatic rings. The van der Waals surface area contributed by atoms with Crippen LogP contribution in [0.4, 0.5) is 4.79 Å². The number of carbonyl (C=O) groups is 1. The average Bonchev–Trinajstić information content (AvgIpc) is 2.48. The van der Waals surface area contributed by atoms with Crippen LogP contribution < -0.4 is 0 Å². The summed E-state index contributed by atoms with van der Waals surface area (Å²) in [5.74, 6) is 0. The average molecular weight is 199 g/mol. The van der Waals surface area contributed by atoms with Crippen LogP contribution in [0.25, 0.3) is 0 Å². The Morgan fingerprint density at radius 3 is 2.21 bits per heavy atom. The lowest BCUT2D eigenvalue weighted by molar-refractivity contribution is 0.00710. The number of amides is 1. The molecule has 0 radical (unpaired) electrons. The van der Waals surface area contributed by atoms with Crippen LogP contribution in [0.15, 0.2) is 0 Å². The molecule has 2 aliphatic heterocycles. The van der Waals surface area contributed by atoms with Gasteiger partial charge in [-0.3, -0.25) is 0 Å². The molecule has 2 saturated heterocycles. The largest absolute Gasteiger partial charge is 0.453 e. The SMILES string of the molecule is COC(=O)N1C2CCC1CC(OC)C2. The Kier molecular flexibility index (Phi) is 2.63. The third kappa shape index (κ3) is 1.47. The van der Waals surface area contributed by atoms with Crippen molar-refractivity contribution in [2.45, 2.75) is 43.9 Å². The summed E-state index contributed by atoms with van der Waals surface area (Å²) in [6.45, 7) is 0. The van der Waals surface area contributed by atoms with Gasteiger partial charge < -0.3 is 14.4 Å². The molecule has 2 heterocycles. The van der Waals surface area contributed by atoms with E-state index in [0.717, 1.165) is 25.7 Å². The topological polar surface area (TPSA) is 38.8 Å². The van der Waals surface area contributed by atoms with Crippen molar-refractivity contribution in [1.29, 1.82) is 0 Å². The van der Waals surface area contributed by atoms with Gasteiger partial charge in [0, 0.05) is 19.2 Å². The van der Waals surface area contributed by atoms with Crippen molar-refractivity contribution in [2.24, 2.45) is 0 Å². The lowest BCUT2D eigenvalue weighted by Crippen LogP contribution is -2.48. The van der Waals surface area contributed by atoms with Crippen LogP contribution in [0.5, 0.6) is 0 Å². The number of rotatable bonds is 1. The van der Waals surface area contributed by atoms with Crippen molar-refractivity contribution >= 4 is 6.09 Å². The molecule has 2 fully saturated rings. The zero-order valence-electron chi connectivity index (χ0n) is 8.73. The van der Waals surface area contributed by atoms with Gasteiger partial charge in [0.05, 0.1) is 13.2 Å². The molecule has 2 bridgehead atoms. The molecule has 0 aromatic rings. The summed E-state index contributed by atoms with van der Waals surface area (Å²) in [6.07, 6.45) is 4.27. The third-order valence-corrected chi connectivity index (χ3v) is 3.41. The number of hydrogen-bond donors (Lipinski definition) is 0. The highest BCUT2D eigenvalue weighted by Gasteiger charge is 2.43. The molecule has 4 nitrogen and oxygen atoms in total. The molecular formula is C10H17NO3. The molecule has 14 heavy (non-hydrogen) atoms. The first-order valence-corrected chi connectivity index (χ1v) is 5.15. The van der Waals surface area contributed by atoms with Gasteiger partial charge in [0.25, 0.3) is 0 Å². The summed E-state index contributed by atoms with van der Waals surface area (Å²) >= 11 is 0. The van der Waals surface area contributed by atoms with E-state index in [0.29, 0.717) is 18.2 Å². The second-order valence-electron chi connectivity index (χ2n) is 4.09. The number of ether oxygens (including phenoxy) is 2. The van der Waals surface area contributed by atoms with Gasteiger partial charge in [-0.05, 0) is 25.7 Å². The molecule has 2 atom stereocenters. The lowest BCUT2D eigenvalue weighted by atomic mass is 10.0. The maximum atomic E-state index is 11.5. The van der Waals surface area contributed by atoms with E-state index in [-0.39, 0.29) is 6.09 Å². The van der Waals surface area contributed by atoms with Gasteiger partial charge in [0.15, 0.2) is 0 Å². The fraction of sp³-hybridized carbons (Fsp3) is 0.900. The van der Waals surface area contributed by atoms with Crippen molar-refractivity contribution in [3.63, 3.8) is 0 Å². The van der Waals surface area contributed by atoms with Crippen molar-refractivity contribution in [1.82, 2.24) is 4.90 Å². The highest BCUT2D eigenvalue weighted by molar-refractivity contribution is 5.69. The van der Waals surface area contributed by atoms with Crippen LogP contribution in [-0.4, -0.2) is 43.4 Å². The molecule has 0 aromatic heterocycles. The quantitative estimate of drug-likeness (QED) is 0.640. The summed E-state index contributed by atoms with van der Waals surface area (Å²) in [7, 11) is 3.20. The minimum Gasteiger partial charge on any atom is -0.453 e. The number of carbonyl (C=O) groups excluding carboxylic acids is 1. The van der Waals surface area contributed by atoms with Crippen LogP contribution in [0.3, 0.4) is 0 Å². The number of methoxy groups -OCH3 is 2. The van der Waals surface area contributed by atoms with Crippen molar-refractivity contribution in [3.05, 3.63) is 0 Å². The molecular weight excluding hydrogens is 182 g/mol. The Bertz CT molecular complexity index is 217. The first kappa shape index (κ1) is 9.77. The zero-order chi connectivity index (χ0) is 10.1. The van der Waals surface area contributed by atoms with Crippen LogP contribution in [0.2, 0.25) is 0 Å². The van der Waals surface area contributed by atoms with E-state index in [1.165, 1.54) is 7.11 Å². The Balaban J connectivity index is 2.06. The second-order valence-corrected chi connectivity index (χ2v) is 4.09. The minimum absolute atomic E-state index is 0.174. The molecule has 2 rings (SSSR count). The van der Waals surface area contributed by atoms with Crippen LogP contribution in [0.1, 0.15) is 25.7 Å².